The van der Waals surface area contributed by atoms with Gasteiger partial charge in [0.05, 0.1) is 0 Å². The standard InChI is InChI=1S/C9H16N4/c1-8-7-13(6-4-10-8)9-11-3-5-12(9)2/h3,5,8,10H,4,6-7H2,1-2H3. The van der Waals surface area contributed by atoms with Crippen LogP contribution in [0.15, 0.2) is 12.4 Å². The maximum atomic E-state index is 4.34. The van der Waals surface area contributed by atoms with Gasteiger partial charge in [0.15, 0.2) is 0 Å². The summed E-state index contributed by atoms with van der Waals surface area (Å²) < 4.78 is 2.07. The SMILES string of the molecule is CC1CN(c2nccn2C)CCN1. The maximum absolute atomic E-state index is 4.34. The van der Waals surface area contributed by atoms with Gasteiger partial charge in [-0.25, -0.2) is 4.98 Å². The third kappa shape index (κ3) is 1.67. The van der Waals surface area contributed by atoms with Crippen molar-refractivity contribution in [1.29, 1.82) is 0 Å². The zero-order valence-corrected chi connectivity index (χ0v) is 8.20. The van der Waals surface area contributed by atoms with Crippen LogP contribution in [0.2, 0.25) is 0 Å². The lowest BCUT2D eigenvalue weighted by molar-refractivity contribution is 0.476. The quantitative estimate of drug-likeness (QED) is 0.671. The Morgan fingerprint density at radius 2 is 2.46 bits per heavy atom. The molecule has 1 fully saturated rings. The van der Waals surface area contributed by atoms with Gasteiger partial charge in [-0.1, -0.05) is 0 Å². The summed E-state index contributed by atoms with van der Waals surface area (Å²) in [5.74, 6) is 1.08. The fourth-order valence-corrected chi connectivity index (χ4v) is 1.78. The minimum atomic E-state index is 0.561. The number of aryl methyl sites for hydroxylation is 1. The Bertz CT molecular complexity index is 281. The molecule has 0 saturated carbocycles. The Morgan fingerprint density at radius 1 is 1.62 bits per heavy atom. The predicted octanol–water partition coefficient (Wildman–Crippen LogP) is 0.218. The normalized spacial score (nSPS) is 23.5. The second-order valence-corrected chi connectivity index (χ2v) is 3.64. The van der Waals surface area contributed by atoms with Crippen LogP contribution in [0.4, 0.5) is 5.95 Å². The van der Waals surface area contributed by atoms with Gasteiger partial charge in [-0.2, -0.15) is 0 Å². The summed E-state index contributed by atoms with van der Waals surface area (Å²) in [6, 6.07) is 0.561. The van der Waals surface area contributed by atoms with Gasteiger partial charge < -0.3 is 14.8 Å². The number of hydrogen-bond acceptors (Lipinski definition) is 3. The highest BCUT2D eigenvalue weighted by Crippen LogP contribution is 2.11. The topological polar surface area (TPSA) is 33.1 Å². The van der Waals surface area contributed by atoms with E-state index in [1.54, 1.807) is 0 Å². The Labute approximate surface area is 78.6 Å². The van der Waals surface area contributed by atoms with Crippen LogP contribution >= 0.6 is 0 Å². The molecular formula is C9H16N4. The number of imidazole rings is 1. The molecule has 4 nitrogen and oxygen atoms in total. The van der Waals surface area contributed by atoms with Gasteiger partial charge in [0.2, 0.25) is 5.95 Å². The predicted molar refractivity (Wildman–Crippen MR) is 52.9 cm³/mol. The first-order valence-corrected chi connectivity index (χ1v) is 4.73. The van der Waals surface area contributed by atoms with Crippen molar-refractivity contribution in [3.63, 3.8) is 0 Å². The van der Waals surface area contributed by atoms with E-state index < -0.39 is 0 Å². The highest BCUT2D eigenvalue weighted by molar-refractivity contribution is 5.32. The molecule has 1 unspecified atom stereocenters. The first-order valence-electron chi connectivity index (χ1n) is 4.73. The summed E-state index contributed by atoms with van der Waals surface area (Å²) >= 11 is 0. The van der Waals surface area contributed by atoms with E-state index in [0.29, 0.717) is 6.04 Å². The molecule has 0 aliphatic carbocycles. The molecule has 0 bridgehead atoms. The van der Waals surface area contributed by atoms with Gasteiger partial charge >= 0.3 is 0 Å². The van der Waals surface area contributed by atoms with Crippen molar-refractivity contribution < 1.29 is 0 Å². The van der Waals surface area contributed by atoms with Crippen molar-refractivity contribution in [3.8, 4) is 0 Å². The fourth-order valence-electron chi connectivity index (χ4n) is 1.78. The van der Waals surface area contributed by atoms with E-state index in [2.05, 4.69) is 26.7 Å². The van der Waals surface area contributed by atoms with Crippen LogP contribution in [0, 0.1) is 0 Å². The van der Waals surface area contributed by atoms with Crippen molar-refractivity contribution in [3.05, 3.63) is 12.4 Å². The lowest BCUT2D eigenvalue weighted by Gasteiger charge is -2.32. The number of rotatable bonds is 1. The summed E-state index contributed by atoms with van der Waals surface area (Å²) in [4.78, 5) is 6.66. The molecule has 1 N–H and O–H groups in total. The van der Waals surface area contributed by atoms with Crippen molar-refractivity contribution in [1.82, 2.24) is 14.9 Å². The van der Waals surface area contributed by atoms with E-state index in [9.17, 15) is 0 Å². The van der Waals surface area contributed by atoms with Crippen molar-refractivity contribution in [2.45, 2.75) is 13.0 Å². The van der Waals surface area contributed by atoms with Gasteiger partial charge in [-0.3, -0.25) is 0 Å². The molecule has 1 aliphatic heterocycles. The van der Waals surface area contributed by atoms with Crippen molar-refractivity contribution in [2.24, 2.45) is 7.05 Å². The lowest BCUT2D eigenvalue weighted by Crippen LogP contribution is -2.50. The highest BCUT2D eigenvalue weighted by atomic mass is 15.3. The molecule has 2 rings (SSSR count). The van der Waals surface area contributed by atoms with Crippen LogP contribution in [0.3, 0.4) is 0 Å². The van der Waals surface area contributed by atoms with Gasteiger partial charge in [-0.15, -0.1) is 0 Å². The molecule has 72 valence electrons. The molecule has 2 heterocycles. The van der Waals surface area contributed by atoms with Crippen LogP contribution < -0.4 is 10.2 Å². The molecule has 0 amide bonds. The van der Waals surface area contributed by atoms with Crippen LogP contribution in [0.5, 0.6) is 0 Å². The van der Waals surface area contributed by atoms with Gasteiger partial charge in [0.25, 0.3) is 0 Å². The molecule has 1 aromatic rings. The third-order valence-corrected chi connectivity index (χ3v) is 2.45. The fraction of sp³-hybridized carbons (Fsp3) is 0.667. The summed E-state index contributed by atoms with van der Waals surface area (Å²) in [7, 11) is 2.04. The molecule has 0 spiro atoms. The maximum Gasteiger partial charge on any atom is 0.205 e. The number of nitrogens with zero attached hydrogens (tertiary/aromatic N) is 3. The number of piperazine rings is 1. The molecular weight excluding hydrogens is 164 g/mol. The zero-order valence-electron chi connectivity index (χ0n) is 8.20. The molecule has 1 aliphatic rings. The van der Waals surface area contributed by atoms with Gasteiger partial charge in [-0.05, 0) is 6.92 Å². The third-order valence-electron chi connectivity index (χ3n) is 2.45. The van der Waals surface area contributed by atoms with Crippen LogP contribution in [-0.2, 0) is 7.05 Å². The zero-order chi connectivity index (χ0) is 9.26. The molecule has 13 heavy (non-hydrogen) atoms. The highest BCUT2D eigenvalue weighted by Gasteiger charge is 2.18. The Balaban J connectivity index is 2.12. The largest absolute Gasteiger partial charge is 0.339 e. The number of anilines is 1. The van der Waals surface area contributed by atoms with E-state index in [1.807, 2.05) is 19.4 Å². The second kappa shape index (κ2) is 3.38. The van der Waals surface area contributed by atoms with Crippen LogP contribution in [0.25, 0.3) is 0 Å². The molecule has 1 aromatic heterocycles. The van der Waals surface area contributed by atoms with E-state index in [4.69, 9.17) is 0 Å². The monoisotopic (exact) mass is 180 g/mol. The smallest absolute Gasteiger partial charge is 0.205 e. The summed E-state index contributed by atoms with van der Waals surface area (Å²) in [6.07, 6.45) is 3.84. The minimum Gasteiger partial charge on any atom is -0.339 e. The summed E-state index contributed by atoms with van der Waals surface area (Å²) in [6.45, 7) is 5.35. The molecule has 4 heteroatoms. The Kier molecular flexibility index (Phi) is 2.22. The summed E-state index contributed by atoms with van der Waals surface area (Å²) in [5.41, 5.74) is 0. The van der Waals surface area contributed by atoms with Crippen molar-refractivity contribution >= 4 is 5.95 Å². The molecule has 1 saturated heterocycles. The number of hydrogen-bond donors (Lipinski definition) is 1. The first-order chi connectivity index (χ1) is 6.27. The average molecular weight is 180 g/mol. The van der Waals surface area contributed by atoms with E-state index in [1.165, 1.54) is 0 Å². The van der Waals surface area contributed by atoms with Crippen molar-refractivity contribution in [2.75, 3.05) is 24.5 Å². The number of aromatic nitrogens is 2. The molecule has 0 radical (unpaired) electrons. The Morgan fingerprint density at radius 3 is 3.08 bits per heavy atom. The number of nitrogens with one attached hydrogen (secondary N) is 1. The lowest BCUT2D eigenvalue weighted by atomic mass is 10.2. The summed E-state index contributed by atoms with van der Waals surface area (Å²) in [5, 5.41) is 3.41. The van der Waals surface area contributed by atoms with Crippen LogP contribution in [-0.4, -0.2) is 35.2 Å². The second-order valence-electron chi connectivity index (χ2n) is 3.64. The van der Waals surface area contributed by atoms with Gasteiger partial charge in [0.1, 0.15) is 0 Å². The van der Waals surface area contributed by atoms with E-state index in [-0.39, 0.29) is 0 Å². The average Bonchev–Trinajstić information content (AvgIpc) is 2.51. The molecule has 1 atom stereocenters. The molecule has 0 aromatic carbocycles. The van der Waals surface area contributed by atoms with E-state index >= 15 is 0 Å². The first kappa shape index (κ1) is 8.56. The minimum absolute atomic E-state index is 0.561. The van der Waals surface area contributed by atoms with E-state index in [0.717, 1.165) is 25.6 Å². The van der Waals surface area contributed by atoms with Gasteiger partial charge in [0, 0.05) is 45.1 Å². The van der Waals surface area contributed by atoms with Crippen LogP contribution in [0.1, 0.15) is 6.92 Å². The Hall–Kier alpha value is -1.03.